The fourth-order valence-corrected chi connectivity index (χ4v) is 1.54. The van der Waals surface area contributed by atoms with Crippen molar-refractivity contribution in [1.82, 2.24) is 0 Å². The SMILES string of the molecule is CC#CCC(N)c1cccs1. The lowest BCUT2D eigenvalue weighted by molar-refractivity contribution is 0.771. The molecule has 0 radical (unpaired) electrons. The quantitative estimate of drug-likeness (QED) is 0.668. The van der Waals surface area contributed by atoms with Gasteiger partial charge in [-0.05, 0) is 18.4 Å². The Bertz CT molecular complexity index is 253. The highest BCUT2D eigenvalue weighted by Gasteiger charge is 2.03. The summed E-state index contributed by atoms with van der Waals surface area (Å²) in [4.78, 5) is 1.22. The first kappa shape index (κ1) is 8.32. The fraction of sp³-hybridized carbons (Fsp3) is 0.333. The molecule has 58 valence electrons. The van der Waals surface area contributed by atoms with Gasteiger partial charge in [-0.3, -0.25) is 0 Å². The predicted octanol–water partition coefficient (Wildman–Crippen LogP) is 2.16. The van der Waals surface area contributed by atoms with E-state index in [0.717, 1.165) is 6.42 Å². The van der Waals surface area contributed by atoms with E-state index in [2.05, 4.69) is 11.8 Å². The Hall–Kier alpha value is -0.780. The molecule has 0 fully saturated rings. The third-order valence-corrected chi connectivity index (χ3v) is 2.41. The summed E-state index contributed by atoms with van der Waals surface area (Å²) in [7, 11) is 0. The van der Waals surface area contributed by atoms with Crippen LogP contribution in [0.15, 0.2) is 17.5 Å². The Balaban J connectivity index is 2.53. The molecular weight excluding hydrogens is 154 g/mol. The van der Waals surface area contributed by atoms with E-state index in [-0.39, 0.29) is 6.04 Å². The molecule has 11 heavy (non-hydrogen) atoms. The van der Waals surface area contributed by atoms with Crippen molar-refractivity contribution in [3.8, 4) is 11.8 Å². The van der Waals surface area contributed by atoms with Gasteiger partial charge in [0.15, 0.2) is 0 Å². The van der Waals surface area contributed by atoms with Crippen LogP contribution in [0, 0.1) is 11.8 Å². The first-order chi connectivity index (χ1) is 5.34. The normalized spacial score (nSPS) is 11.8. The molecule has 1 atom stereocenters. The highest BCUT2D eigenvalue weighted by Crippen LogP contribution is 2.18. The van der Waals surface area contributed by atoms with Gasteiger partial charge in [0.2, 0.25) is 0 Å². The lowest BCUT2D eigenvalue weighted by atomic mass is 10.2. The van der Waals surface area contributed by atoms with Crippen LogP contribution in [-0.4, -0.2) is 0 Å². The molecule has 2 N–H and O–H groups in total. The van der Waals surface area contributed by atoms with Crippen LogP contribution in [-0.2, 0) is 0 Å². The maximum atomic E-state index is 5.83. The van der Waals surface area contributed by atoms with Gasteiger partial charge in [-0.25, -0.2) is 0 Å². The third-order valence-electron chi connectivity index (χ3n) is 1.41. The van der Waals surface area contributed by atoms with Crippen molar-refractivity contribution in [3.63, 3.8) is 0 Å². The largest absolute Gasteiger partial charge is 0.322 e. The van der Waals surface area contributed by atoms with Gasteiger partial charge in [-0.15, -0.1) is 23.2 Å². The van der Waals surface area contributed by atoms with Crippen molar-refractivity contribution in [3.05, 3.63) is 22.4 Å². The minimum absolute atomic E-state index is 0.0995. The van der Waals surface area contributed by atoms with Gasteiger partial charge < -0.3 is 5.73 Å². The molecule has 1 rings (SSSR count). The van der Waals surface area contributed by atoms with E-state index in [9.17, 15) is 0 Å². The van der Waals surface area contributed by atoms with Crippen LogP contribution >= 0.6 is 11.3 Å². The van der Waals surface area contributed by atoms with Crippen LogP contribution < -0.4 is 5.73 Å². The minimum Gasteiger partial charge on any atom is -0.322 e. The van der Waals surface area contributed by atoms with Gasteiger partial charge in [0, 0.05) is 11.3 Å². The molecule has 0 aliphatic rings. The van der Waals surface area contributed by atoms with Crippen molar-refractivity contribution in [2.75, 3.05) is 0 Å². The number of thiophene rings is 1. The standard InChI is InChI=1S/C9H11NS/c1-2-3-5-8(10)9-6-4-7-11-9/h4,6-8H,5,10H2,1H3. The average Bonchev–Trinajstić information content (AvgIpc) is 2.52. The summed E-state index contributed by atoms with van der Waals surface area (Å²) in [6.07, 6.45) is 0.761. The summed E-state index contributed by atoms with van der Waals surface area (Å²) in [5.74, 6) is 5.80. The maximum Gasteiger partial charge on any atom is 0.0500 e. The summed E-state index contributed by atoms with van der Waals surface area (Å²) in [6.45, 7) is 1.83. The number of hydrogen-bond donors (Lipinski definition) is 1. The first-order valence-electron chi connectivity index (χ1n) is 3.53. The summed E-state index contributed by atoms with van der Waals surface area (Å²) >= 11 is 1.69. The zero-order valence-electron chi connectivity index (χ0n) is 6.50. The molecule has 0 amide bonds. The van der Waals surface area contributed by atoms with Crippen LogP contribution in [0.5, 0.6) is 0 Å². The van der Waals surface area contributed by atoms with E-state index < -0.39 is 0 Å². The lowest BCUT2D eigenvalue weighted by Crippen LogP contribution is -2.06. The molecule has 0 saturated heterocycles. The Kier molecular flexibility index (Phi) is 3.15. The molecule has 0 aliphatic carbocycles. The Labute approximate surface area is 71.2 Å². The average molecular weight is 165 g/mol. The number of nitrogens with two attached hydrogens (primary N) is 1. The van der Waals surface area contributed by atoms with Crippen LogP contribution in [0.1, 0.15) is 24.3 Å². The molecule has 1 nitrogen and oxygen atoms in total. The number of rotatable bonds is 2. The maximum absolute atomic E-state index is 5.83. The molecule has 0 saturated carbocycles. The Morgan fingerprint density at radius 2 is 2.55 bits per heavy atom. The van der Waals surface area contributed by atoms with E-state index >= 15 is 0 Å². The Morgan fingerprint density at radius 1 is 1.73 bits per heavy atom. The van der Waals surface area contributed by atoms with Gasteiger partial charge >= 0.3 is 0 Å². The van der Waals surface area contributed by atoms with Crippen LogP contribution in [0.3, 0.4) is 0 Å². The van der Waals surface area contributed by atoms with Crippen molar-refractivity contribution in [2.45, 2.75) is 19.4 Å². The van der Waals surface area contributed by atoms with Crippen molar-refractivity contribution in [2.24, 2.45) is 5.73 Å². The highest BCUT2D eigenvalue weighted by atomic mass is 32.1. The lowest BCUT2D eigenvalue weighted by Gasteiger charge is -2.02. The summed E-state index contributed by atoms with van der Waals surface area (Å²) < 4.78 is 0. The zero-order chi connectivity index (χ0) is 8.10. The number of hydrogen-bond acceptors (Lipinski definition) is 2. The topological polar surface area (TPSA) is 26.0 Å². The van der Waals surface area contributed by atoms with Gasteiger partial charge in [0.05, 0.1) is 6.04 Å². The second-order valence-corrected chi connectivity index (χ2v) is 3.23. The van der Waals surface area contributed by atoms with E-state index in [1.165, 1.54) is 4.88 Å². The molecular formula is C9H11NS. The van der Waals surface area contributed by atoms with Crippen LogP contribution in [0.4, 0.5) is 0 Å². The van der Waals surface area contributed by atoms with E-state index in [1.54, 1.807) is 11.3 Å². The minimum atomic E-state index is 0.0995. The van der Waals surface area contributed by atoms with Crippen molar-refractivity contribution >= 4 is 11.3 Å². The molecule has 0 bridgehead atoms. The first-order valence-corrected chi connectivity index (χ1v) is 4.41. The monoisotopic (exact) mass is 165 g/mol. The second-order valence-electron chi connectivity index (χ2n) is 2.25. The predicted molar refractivity (Wildman–Crippen MR) is 49.3 cm³/mol. The highest BCUT2D eigenvalue weighted by molar-refractivity contribution is 7.10. The van der Waals surface area contributed by atoms with Crippen LogP contribution in [0.25, 0.3) is 0 Å². The van der Waals surface area contributed by atoms with Crippen molar-refractivity contribution in [1.29, 1.82) is 0 Å². The van der Waals surface area contributed by atoms with E-state index in [0.29, 0.717) is 0 Å². The summed E-state index contributed by atoms with van der Waals surface area (Å²) in [5, 5.41) is 2.04. The molecule has 0 spiro atoms. The van der Waals surface area contributed by atoms with Crippen molar-refractivity contribution < 1.29 is 0 Å². The van der Waals surface area contributed by atoms with Gasteiger partial charge in [0.1, 0.15) is 0 Å². The molecule has 1 heterocycles. The Morgan fingerprint density at radius 3 is 3.09 bits per heavy atom. The third kappa shape index (κ3) is 2.38. The smallest absolute Gasteiger partial charge is 0.0500 e. The molecule has 1 aromatic heterocycles. The van der Waals surface area contributed by atoms with Gasteiger partial charge in [-0.2, -0.15) is 0 Å². The molecule has 0 aromatic carbocycles. The van der Waals surface area contributed by atoms with Gasteiger partial charge in [0.25, 0.3) is 0 Å². The van der Waals surface area contributed by atoms with E-state index in [4.69, 9.17) is 5.73 Å². The van der Waals surface area contributed by atoms with Crippen LogP contribution in [0.2, 0.25) is 0 Å². The molecule has 1 unspecified atom stereocenters. The second kappa shape index (κ2) is 4.17. The summed E-state index contributed by atoms with van der Waals surface area (Å²) in [5.41, 5.74) is 5.83. The van der Waals surface area contributed by atoms with E-state index in [1.807, 2.05) is 24.4 Å². The zero-order valence-corrected chi connectivity index (χ0v) is 7.32. The molecule has 0 aliphatic heterocycles. The van der Waals surface area contributed by atoms with Gasteiger partial charge in [-0.1, -0.05) is 6.07 Å². The molecule has 2 heteroatoms. The molecule has 1 aromatic rings. The fourth-order valence-electron chi connectivity index (χ4n) is 0.815. The summed E-state index contributed by atoms with van der Waals surface area (Å²) in [6, 6.07) is 4.16.